The summed E-state index contributed by atoms with van der Waals surface area (Å²) in [7, 11) is 0. The lowest BCUT2D eigenvalue weighted by Gasteiger charge is -2.52. The van der Waals surface area contributed by atoms with Crippen LogP contribution in [-0.4, -0.2) is 17.3 Å². The van der Waals surface area contributed by atoms with E-state index in [1.807, 2.05) is 13.8 Å². The highest BCUT2D eigenvalue weighted by atomic mass is 19.1. The Morgan fingerprint density at radius 3 is 2.28 bits per heavy atom. The van der Waals surface area contributed by atoms with E-state index in [1.165, 1.54) is 18.2 Å². The van der Waals surface area contributed by atoms with Gasteiger partial charge in [-0.3, -0.25) is 0 Å². The third-order valence-corrected chi connectivity index (χ3v) is 4.24. The fraction of sp³-hybridized carbons (Fsp3) is 0.571. The normalized spacial score (nSPS) is 25.6. The largest absolute Gasteiger partial charge is 0.484 e. The van der Waals surface area contributed by atoms with Crippen LogP contribution in [0.4, 0.5) is 8.78 Å². The van der Waals surface area contributed by atoms with Crippen LogP contribution < -0.4 is 4.74 Å². The maximum Gasteiger partial charge on any atom is 0.191 e. The van der Waals surface area contributed by atoms with E-state index in [1.54, 1.807) is 0 Å². The Bertz CT molecular complexity index is 410. The highest BCUT2D eigenvalue weighted by Gasteiger charge is 2.54. The van der Waals surface area contributed by atoms with Crippen LogP contribution >= 0.6 is 0 Å². The highest BCUT2D eigenvalue weighted by Crippen LogP contribution is 2.49. The SMILES string of the molecule is CCC1(CC)C(O)CC1Oc1c(F)cccc1F. The Morgan fingerprint density at radius 1 is 1.28 bits per heavy atom. The summed E-state index contributed by atoms with van der Waals surface area (Å²) in [6.07, 6.45) is 1.10. The van der Waals surface area contributed by atoms with Gasteiger partial charge in [-0.1, -0.05) is 19.9 Å². The molecule has 0 aromatic heterocycles. The lowest BCUT2D eigenvalue weighted by molar-refractivity contribution is -0.161. The smallest absolute Gasteiger partial charge is 0.191 e. The number of aliphatic hydroxyl groups excluding tert-OH is 1. The third-order valence-electron chi connectivity index (χ3n) is 4.24. The quantitative estimate of drug-likeness (QED) is 0.895. The summed E-state index contributed by atoms with van der Waals surface area (Å²) < 4.78 is 32.5. The topological polar surface area (TPSA) is 29.5 Å². The van der Waals surface area contributed by atoms with E-state index in [0.717, 1.165) is 12.8 Å². The Kier molecular flexibility index (Phi) is 3.57. The predicted octanol–water partition coefficient (Wildman–Crippen LogP) is 3.28. The minimum absolute atomic E-state index is 0.325. The molecule has 2 unspecified atom stereocenters. The summed E-state index contributed by atoms with van der Waals surface area (Å²) in [5, 5.41) is 9.88. The van der Waals surface area contributed by atoms with Crippen LogP contribution in [0.3, 0.4) is 0 Å². The van der Waals surface area contributed by atoms with Crippen LogP contribution in [0.25, 0.3) is 0 Å². The number of aliphatic hydroxyl groups is 1. The Labute approximate surface area is 106 Å². The minimum atomic E-state index is -0.697. The maximum atomic E-state index is 13.5. The molecular weight excluding hydrogens is 238 g/mol. The first-order valence-corrected chi connectivity index (χ1v) is 6.34. The second-order valence-corrected chi connectivity index (χ2v) is 4.85. The molecule has 0 bridgehead atoms. The molecule has 100 valence electrons. The van der Waals surface area contributed by atoms with Gasteiger partial charge in [0.2, 0.25) is 0 Å². The monoisotopic (exact) mass is 256 g/mol. The fourth-order valence-corrected chi connectivity index (χ4v) is 2.81. The first kappa shape index (κ1) is 13.3. The van der Waals surface area contributed by atoms with E-state index in [-0.39, 0.29) is 17.3 Å². The molecule has 0 aliphatic heterocycles. The maximum absolute atomic E-state index is 13.5. The Morgan fingerprint density at radius 2 is 1.83 bits per heavy atom. The molecule has 0 heterocycles. The van der Waals surface area contributed by atoms with Crippen molar-refractivity contribution in [3.8, 4) is 5.75 Å². The molecule has 2 nitrogen and oxygen atoms in total. The summed E-state index contributed by atoms with van der Waals surface area (Å²) >= 11 is 0. The summed E-state index contributed by atoms with van der Waals surface area (Å²) in [5.74, 6) is -1.73. The minimum Gasteiger partial charge on any atom is -0.484 e. The van der Waals surface area contributed by atoms with E-state index < -0.39 is 17.7 Å². The number of benzene rings is 1. The van der Waals surface area contributed by atoms with Gasteiger partial charge >= 0.3 is 0 Å². The Hall–Kier alpha value is -1.16. The van der Waals surface area contributed by atoms with Gasteiger partial charge in [-0.25, -0.2) is 8.78 Å². The van der Waals surface area contributed by atoms with Crippen LogP contribution in [0.1, 0.15) is 33.1 Å². The zero-order valence-corrected chi connectivity index (χ0v) is 10.6. The molecule has 2 atom stereocenters. The fourth-order valence-electron chi connectivity index (χ4n) is 2.81. The van der Waals surface area contributed by atoms with E-state index >= 15 is 0 Å². The summed E-state index contributed by atoms with van der Waals surface area (Å²) in [6.45, 7) is 3.92. The molecular formula is C14H18F2O2. The van der Waals surface area contributed by atoms with Crippen LogP contribution in [0.5, 0.6) is 5.75 Å². The number of hydrogen-bond donors (Lipinski definition) is 1. The highest BCUT2D eigenvalue weighted by molar-refractivity contribution is 5.27. The van der Waals surface area contributed by atoms with Crippen molar-refractivity contribution in [2.75, 3.05) is 0 Å². The van der Waals surface area contributed by atoms with E-state index in [9.17, 15) is 13.9 Å². The molecule has 18 heavy (non-hydrogen) atoms. The molecule has 1 aliphatic rings. The van der Waals surface area contributed by atoms with E-state index in [2.05, 4.69) is 0 Å². The molecule has 1 aliphatic carbocycles. The van der Waals surface area contributed by atoms with Gasteiger partial charge in [-0.2, -0.15) is 0 Å². The molecule has 2 rings (SSSR count). The number of halogens is 2. The average molecular weight is 256 g/mol. The van der Waals surface area contributed by atoms with E-state index in [0.29, 0.717) is 6.42 Å². The average Bonchev–Trinajstić information content (AvgIpc) is 2.34. The van der Waals surface area contributed by atoms with Crippen molar-refractivity contribution in [1.29, 1.82) is 0 Å². The first-order chi connectivity index (χ1) is 8.55. The van der Waals surface area contributed by atoms with Gasteiger partial charge in [0.1, 0.15) is 6.10 Å². The predicted molar refractivity (Wildman–Crippen MR) is 64.4 cm³/mol. The number of ether oxygens (including phenoxy) is 1. The second kappa shape index (κ2) is 4.84. The van der Waals surface area contributed by atoms with Gasteiger partial charge < -0.3 is 9.84 Å². The lowest BCUT2D eigenvalue weighted by atomic mass is 9.60. The van der Waals surface area contributed by atoms with Gasteiger partial charge in [0.15, 0.2) is 17.4 Å². The van der Waals surface area contributed by atoms with Crippen molar-refractivity contribution < 1.29 is 18.6 Å². The third kappa shape index (κ3) is 1.88. The molecule has 1 N–H and O–H groups in total. The molecule has 1 saturated carbocycles. The molecule has 4 heteroatoms. The number of hydrogen-bond acceptors (Lipinski definition) is 2. The molecule has 0 saturated heterocycles. The van der Waals surface area contributed by atoms with Crippen molar-refractivity contribution >= 4 is 0 Å². The van der Waals surface area contributed by atoms with Crippen molar-refractivity contribution in [2.24, 2.45) is 5.41 Å². The molecule has 1 aromatic carbocycles. The zero-order chi connectivity index (χ0) is 13.3. The first-order valence-electron chi connectivity index (χ1n) is 6.34. The molecule has 0 radical (unpaired) electrons. The molecule has 0 spiro atoms. The van der Waals surface area contributed by atoms with Crippen LogP contribution in [-0.2, 0) is 0 Å². The van der Waals surface area contributed by atoms with Crippen molar-refractivity contribution in [3.05, 3.63) is 29.8 Å². The van der Waals surface area contributed by atoms with Crippen LogP contribution in [0, 0.1) is 17.0 Å². The van der Waals surface area contributed by atoms with Gasteiger partial charge in [0, 0.05) is 11.8 Å². The van der Waals surface area contributed by atoms with Crippen LogP contribution in [0.2, 0.25) is 0 Å². The van der Waals surface area contributed by atoms with Gasteiger partial charge in [-0.15, -0.1) is 0 Å². The molecule has 1 aromatic rings. The standard InChI is InChI=1S/C14H18F2O2/c1-3-14(4-2)11(17)8-12(14)18-13-9(15)6-5-7-10(13)16/h5-7,11-12,17H,3-4,8H2,1-2H3. The van der Waals surface area contributed by atoms with Gasteiger partial charge in [0.05, 0.1) is 6.10 Å². The summed E-state index contributed by atoms with van der Waals surface area (Å²) in [5.41, 5.74) is -0.380. The number of para-hydroxylation sites is 1. The van der Waals surface area contributed by atoms with Crippen molar-refractivity contribution in [1.82, 2.24) is 0 Å². The summed E-state index contributed by atoms with van der Waals surface area (Å²) in [6, 6.07) is 3.65. The van der Waals surface area contributed by atoms with E-state index in [4.69, 9.17) is 4.74 Å². The number of rotatable bonds is 4. The summed E-state index contributed by atoms with van der Waals surface area (Å²) in [4.78, 5) is 0. The molecule has 1 fully saturated rings. The van der Waals surface area contributed by atoms with Crippen LogP contribution in [0.15, 0.2) is 18.2 Å². The molecule has 0 amide bonds. The second-order valence-electron chi connectivity index (χ2n) is 4.85. The lowest BCUT2D eigenvalue weighted by Crippen LogP contribution is -2.59. The zero-order valence-electron chi connectivity index (χ0n) is 10.6. The van der Waals surface area contributed by atoms with Crippen molar-refractivity contribution in [2.45, 2.75) is 45.3 Å². The van der Waals surface area contributed by atoms with Crippen molar-refractivity contribution in [3.63, 3.8) is 0 Å². The van der Waals surface area contributed by atoms with Gasteiger partial charge in [-0.05, 0) is 25.0 Å². The Balaban J connectivity index is 2.20. The van der Waals surface area contributed by atoms with Gasteiger partial charge in [0.25, 0.3) is 0 Å².